The van der Waals surface area contributed by atoms with Gasteiger partial charge in [0.05, 0.1) is 11.6 Å². The van der Waals surface area contributed by atoms with Gasteiger partial charge in [0, 0.05) is 12.1 Å². The van der Waals surface area contributed by atoms with E-state index < -0.39 is 10.0 Å². The molecule has 0 spiro atoms. The standard InChI is InChI=1S/C13H17N3O3S/c14-20(18,19)12-4-2-1-3-11(12)16-13(17)9-7-8-5-6-10(9)15-8/h1-4,8-10,15H,5-7H2,(H,16,17)(H2,14,18,19). The molecule has 2 heterocycles. The second-order valence-electron chi connectivity index (χ2n) is 5.42. The maximum atomic E-state index is 12.3. The average molecular weight is 295 g/mol. The van der Waals surface area contributed by atoms with Crippen LogP contribution in [0, 0.1) is 5.92 Å². The Hall–Kier alpha value is -1.44. The third-order valence-electron chi connectivity index (χ3n) is 4.09. The molecule has 6 nitrogen and oxygen atoms in total. The Morgan fingerprint density at radius 3 is 2.65 bits per heavy atom. The first-order valence-corrected chi connectivity index (χ1v) is 8.18. The van der Waals surface area contributed by atoms with Gasteiger partial charge in [-0.1, -0.05) is 12.1 Å². The van der Waals surface area contributed by atoms with E-state index in [4.69, 9.17) is 5.14 Å². The van der Waals surface area contributed by atoms with Gasteiger partial charge in [-0.25, -0.2) is 13.6 Å². The summed E-state index contributed by atoms with van der Waals surface area (Å²) < 4.78 is 23.0. The van der Waals surface area contributed by atoms with Gasteiger partial charge in [0.2, 0.25) is 15.9 Å². The summed E-state index contributed by atoms with van der Waals surface area (Å²) in [6, 6.07) is 6.82. The van der Waals surface area contributed by atoms with E-state index >= 15 is 0 Å². The lowest BCUT2D eigenvalue weighted by Gasteiger charge is -2.20. The second kappa shape index (κ2) is 4.83. The summed E-state index contributed by atoms with van der Waals surface area (Å²) in [5, 5.41) is 11.2. The number of carbonyl (C=O) groups excluding carboxylic acids is 1. The van der Waals surface area contributed by atoms with Gasteiger partial charge in [0.15, 0.2) is 0 Å². The summed E-state index contributed by atoms with van der Waals surface area (Å²) in [6.07, 6.45) is 2.93. The minimum Gasteiger partial charge on any atom is -0.325 e. The first-order chi connectivity index (χ1) is 9.45. The van der Waals surface area contributed by atoms with Gasteiger partial charge in [-0.3, -0.25) is 4.79 Å². The highest BCUT2D eigenvalue weighted by atomic mass is 32.2. The molecule has 1 amide bonds. The molecule has 108 valence electrons. The van der Waals surface area contributed by atoms with Crippen molar-refractivity contribution in [3.05, 3.63) is 24.3 Å². The molecular weight excluding hydrogens is 278 g/mol. The largest absolute Gasteiger partial charge is 0.325 e. The minimum absolute atomic E-state index is 0.0514. The van der Waals surface area contributed by atoms with Gasteiger partial charge in [0.1, 0.15) is 4.90 Å². The van der Waals surface area contributed by atoms with Crippen molar-refractivity contribution in [1.29, 1.82) is 0 Å². The maximum absolute atomic E-state index is 12.3. The van der Waals surface area contributed by atoms with Crippen LogP contribution in [0.25, 0.3) is 0 Å². The van der Waals surface area contributed by atoms with Gasteiger partial charge in [0.25, 0.3) is 0 Å². The van der Waals surface area contributed by atoms with Crippen LogP contribution in [-0.4, -0.2) is 26.4 Å². The van der Waals surface area contributed by atoms with Gasteiger partial charge in [-0.05, 0) is 31.4 Å². The average Bonchev–Trinajstić information content (AvgIpc) is 3.00. The van der Waals surface area contributed by atoms with Gasteiger partial charge >= 0.3 is 0 Å². The number of nitrogens with two attached hydrogens (primary N) is 1. The van der Waals surface area contributed by atoms with Crippen LogP contribution in [0.4, 0.5) is 5.69 Å². The lowest BCUT2D eigenvalue weighted by atomic mass is 9.88. The number of benzene rings is 1. The molecule has 2 fully saturated rings. The van der Waals surface area contributed by atoms with Crippen molar-refractivity contribution in [1.82, 2.24) is 5.32 Å². The number of anilines is 1. The van der Waals surface area contributed by atoms with Crippen molar-refractivity contribution < 1.29 is 13.2 Å². The van der Waals surface area contributed by atoms with E-state index in [1.807, 2.05) is 0 Å². The normalized spacial score (nSPS) is 28.6. The van der Waals surface area contributed by atoms with Crippen molar-refractivity contribution in [2.24, 2.45) is 11.1 Å². The molecule has 0 aromatic heterocycles. The highest BCUT2D eigenvalue weighted by molar-refractivity contribution is 7.89. The molecule has 4 N–H and O–H groups in total. The van der Waals surface area contributed by atoms with E-state index in [1.54, 1.807) is 18.2 Å². The van der Waals surface area contributed by atoms with E-state index in [1.165, 1.54) is 6.07 Å². The molecule has 20 heavy (non-hydrogen) atoms. The lowest BCUT2D eigenvalue weighted by molar-refractivity contribution is -0.120. The first kappa shape index (κ1) is 13.5. The van der Waals surface area contributed by atoms with Crippen LogP contribution < -0.4 is 15.8 Å². The number of carbonyl (C=O) groups is 1. The topological polar surface area (TPSA) is 101 Å². The quantitative estimate of drug-likeness (QED) is 0.752. The van der Waals surface area contributed by atoms with Crippen molar-refractivity contribution >= 4 is 21.6 Å². The Labute approximate surface area is 117 Å². The first-order valence-electron chi connectivity index (χ1n) is 6.64. The number of fused-ring (bicyclic) bond motifs is 2. The number of nitrogens with one attached hydrogen (secondary N) is 2. The zero-order chi connectivity index (χ0) is 14.3. The zero-order valence-corrected chi connectivity index (χ0v) is 11.7. The summed E-state index contributed by atoms with van der Waals surface area (Å²) in [5.74, 6) is -0.233. The van der Waals surface area contributed by atoms with Crippen LogP contribution in [0.2, 0.25) is 0 Å². The van der Waals surface area contributed by atoms with Crippen LogP contribution in [-0.2, 0) is 14.8 Å². The van der Waals surface area contributed by atoms with E-state index in [0.717, 1.165) is 19.3 Å². The molecule has 3 atom stereocenters. The number of hydrogen-bond acceptors (Lipinski definition) is 4. The monoisotopic (exact) mass is 295 g/mol. The number of primary sulfonamides is 1. The van der Waals surface area contributed by atoms with E-state index in [9.17, 15) is 13.2 Å². The molecule has 2 aliphatic heterocycles. The maximum Gasteiger partial charge on any atom is 0.240 e. The fourth-order valence-electron chi connectivity index (χ4n) is 3.16. The van der Waals surface area contributed by atoms with Crippen LogP contribution in [0.1, 0.15) is 19.3 Å². The van der Waals surface area contributed by atoms with Crippen molar-refractivity contribution in [2.45, 2.75) is 36.2 Å². The number of sulfonamides is 1. The van der Waals surface area contributed by atoms with Gasteiger partial charge in [-0.15, -0.1) is 0 Å². The predicted molar refractivity (Wildman–Crippen MR) is 74.5 cm³/mol. The van der Waals surface area contributed by atoms with Crippen LogP contribution in [0.15, 0.2) is 29.2 Å². The Morgan fingerprint density at radius 2 is 2.05 bits per heavy atom. The fourth-order valence-corrected chi connectivity index (χ4v) is 3.85. The summed E-state index contributed by atoms with van der Waals surface area (Å²) >= 11 is 0. The zero-order valence-electron chi connectivity index (χ0n) is 10.9. The fraction of sp³-hybridized carbons (Fsp3) is 0.462. The molecular formula is C13H17N3O3S. The molecule has 2 aliphatic rings. The number of amides is 1. The lowest BCUT2D eigenvalue weighted by Crippen LogP contribution is -2.33. The third kappa shape index (κ3) is 2.44. The molecule has 7 heteroatoms. The SMILES string of the molecule is NS(=O)(=O)c1ccccc1NC(=O)C1CC2CCC1N2. The Morgan fingerprint density at radius 1 is 1.30 bits per heavy atom. The highest BCUT2D eigenvalue weighted by Gasteiger charge is 2.42. The Kier molecular flexibility index (Phi) is 3.27. The molecule has 0 radical (unpaired) electrons. The molecule has 3 unspecified atom stereocenters. The molecule has 2 bridgehead atoms. The molecule has 1 aromatic carbocycles. The molecule has 0 saturated carbocycles. The summed E-state index contributed by atoms with van der Waals surface area (Å²) in [7, 11) is -3.84. The van der Waals surface area contributed by atoms with Crippen LogP contribution in [0.5, 0.6) is 0 Å². The third-order valence-corrected chi connectivity index (χ3v) is 5.06. The minimum atomic E-state index is -3.84. The summed E-state index contributed by atoms with van der Waals surface area (Å²) in [5.41, 5.74) is 0.253. The summed E-state index contributed by atoms with van der Waals surface area (Å²) in [4.78, 5) is 12.2. The molecule has 0 aliphatic carbocycles. The number of rotatable bonds is 3. The van der Waals surface area contributed by atoms with Crippen LogP contribution >= 0.6 is 0 Å². The van der Waals surface area contributed by atoms with E-state index in [2.05, 4.69) is 10.6 Å². The number of hydrogen-bond donors (Lipinski definition) is 3. The Bertz CT molecular complexity index is 644. The second-order valence-corrected chi connectivity index (χ2v) is 6.95. The smallest absolute Gasteiger partial charge is 0.240 e. The van der Waals surface area contributed by atoms with Gasteiger partial charge in [-0.2, -0.15) is 0 Å². The molecule has 1 aromatic rings. The molecule has 2 saturated heterocycles. The van der Waals surface area contributed by atoms with Crippen LogP contribution in [0.3, 0.4) is 0 Å². The molecule has 3 rings (SSSR count). The Balaban J connectivity index is 1.80. The number of para-hydroxylation sites is 1. The van der Waals surface area contributed by atoms with Crippen molar-refractivity contribution in [3.8, 4) is 0 Å². The van der Waals surface area contributed by atoms with E-state index in [-0.39, 0.29) is 28.4 Å². The predicted octanol–water partition coefficient (Wildman–Crippen LogP) is 0.413. The van der Waals surface area contributed by atoms with Gasteiger partial charge < -0.3 is 10.6 Å². The van der Waals surface area contributed by atoms with Crippen molar-refractivity contribution in [2.75, 3.05) is 5.32 Å². The summed E-state index contributed by atoms with van der Waals surface area (Å²) in [6.45, 7) is 0. The van der Waals surface area contributed by atoms with E-state index in [0.29, 0.717) is 6.04 Å². The van der Waals surface area contributed by atoms with Crippen molar-refractivity contribution in [3.63, 3.8) is 0 Å². The highest BCUT2D eigenvalue weighted by Crippen LogP contribution is 2.34.